The van der Waals surface area contributed by atoms with E-state index in [-0.39, 0.29) is 0 Å². The van der Waals surface area contributed by atoms with Crippen molar-refractivity contribution in [3.8, 4) is 0 Å². The van der Waals surface area contributed by atoms with Crippen molar-refractivity contribution in [1.82, 2.24) is 4.90 Å². The van der Waals surface area contributed by atoms with Gasteiger partial charge in [-0.2, -0.15) is 0 Å². The monoisotopic (exact) mass is 274 g/mol. The summed E-state index contributed by atoms with van der Waals surface area (Å²) in [5.74, 6) is 1.71. The average Bonchev–Trinajstić information content (AvgIpc) is 2.74. The molecule has 1 unspecified atom stereocenters. The topological polar surface area (TPSA) is 42.4 Å². The lowest BCUT2D eigenvalue weighted by atomic mass is 10.0. The Morgan fingerprint density at radius 3 is 2.55 bits per heavy atom. The standard InChI is InChI=1S/C17H26N2O/c1-12(2)9-13(3)19(4)11-17-15(10-18)14-7-5-6-8-16(14)20-17/h5-8,12-13H,9-11,18H2,1-4H3. The number of rotatable bonds is 6. The zero-order valence-electron chi connectivity index (χ0n) is 13.0. The van der Waals surface area contributed by atoms with Crippen molar-refractivity contribution in [2.24, 2.45) is 11.7 Å². The predicted octanol–water partition coefficient (Wildman–Crippen LogP) is 3.76. The van der Waals surface area contributed by atoms with E-state index in [4.69, 9.17) is 10.2 Å². The van der Waals surface area contributed by atoms with E-state index in [1.54, 1.807) is 0 Å². The molecule has 1 aromatic heterocycles. The molecule has 0 saturated carbocycles. The Labute approximate surface area is 121 Å². The van der Waals surface area contributed by atoms with E-state index in [1.165, 1.54) is 6.42 Å². The number of nitrogens with zero attached hydrogens (tertiary/aromatic N) is 1. The van der Waals surface area contributed by atoms with Crippen LogP contribution in [-0.2, 0) is 13.1 Å². The lowest BCUT2D eigenvalue weighted by Crippen LogP contribution is -2.30. The number of fused-ring (bicyclic) bond motifs is 1. The Hall–Kier alpha value is -1.32. The van der Waals surface area contributed by atoms with Gasteiger partial charge in [0.05, 0.1) is 6.54 Å². The van der Waals surface area contributed by atoms with Crippen LogP contribution < -0.4 is 5.73 Å². The van der Waals surface area contributed by atoms with Crippen molar-refractivity contribution in [2.75, 3.05) is 7.05 Å². The van der Waals surface area contributed by atoms with Gasteiger partial charge in [0.15, 0.2) is 0 Å². The van der Waals surface area contributed by atoms with Crippen LogP contribution in [0.5, 0.6) is 0 Å². The molecule has 1 aromatic carbocycles. The van der Waals surface area contributed by atoms with Gasteiger partial charge >= 0.3 is 0 Å². The highest BCUT2D eigenvalue weighted by atomic mass is 16.3. The highest BCUT2D eigenvalue weighted by Crippen LogP contribution is 2.27. The van der Waals surface area contributed by atoms with Gasteiger partial charge in [-0.25, -0.2) is 0 Å². The molecule has 0 saturated heterocycles. The van der Waals surface area contributed by atoms with Crippen LogP contribution in [0.15, 0.2) is 28.7 Å². The van der Waals surface area contributed by atoms with Crippen LogP contribution in [0.1, 0.15) is 38.5 Å². The minimum absolute atomic E-state index is 0.527. The summed E-state index contributed by atoms with van der Waals surface area (Å²) in [6.45, 7) is 8.13. The van der Waals surface area contributed by atoms with Gasteiger partial charge in [0, 0.05) is 23.5 Å². The summed E-state index contributed by atoms with van der Waals surface area (Å²) in [6.07, 6.45) is 1.19. The number of furan rings is 1. The largest absolute Gasteiger partial charge is 0.459 e. The Morgan fingerprint density at radius 2 is 1.90 bits per heavy atom. The molecule has 1 atom stereocenters. The van der Waals surface area contributed by atoms with Crippen LogP contribution in [0.25, 0.3) is 11.0 Å². The zero-order valence-corrected chi connectivity index (χ0v) is 13.0. The second kappa shape index (κ2) is 6.42. The smallest absolute Gasteiger partial charge is 0.134 e. The maximum Gasteiger partial charge on any atom is 0.134 e. The first kappa shape index (κ1) is 15.1. The lowest BCUT2D eigenvalue weighted by Gasteiger charge is -2.25. The second-order valence-electron chi connectivity index (χ2n) is 6.10. The van der Waals surface area contributed by atoms with Gasteiger partial charge in [-0.1, -0.05) is 32.0 Å². The first-order chi connectivity index (χ1) is 9.52. The molecule has 0 spiro atoms. The molecule has 0 amide bonds. The average molecular weight is 274 g/mol. The van der Waals surface area contributed by atoms with Gasteiger partial charge in [-0.3, -0.25) is 4.90 Å². The summed E-state index contributed by atoms with van der Waals surface area (Å²) >= 11 is 0. The van der Waals surface area contributed by atoms with Crippen molar-refractivity contribution in [2.45, 2.75) is 46.3 Å². The number of hydrogen-bond acceptors (Lipinski definition) is 3. The predicted molar refractivity (Wildman–Crippen MR) is 84.5 cm³/mol. The van der Waals surface area contributed by atoms with Crippen LogP contribution >= 0.6 is 0 Å². The van der Waals surface area contributed by atoms with Crippen molar-refractivity contribution in [3.05, 3.63) is 35.6 Å². The van der Waals surface area contributed by atoms with E-state index in [2.05, 4.69) is 38.8 Å². The summed E-state index contributed by atoms with van der Waals surface area (Å²) < 4.78 is 5.99. The van der Waals surface area contributed by atoms with Crippen LogP contribution in [-0.4, -0.2) is 18.0 Å². The summed E-state index contributed by atoms with van der Waals surface area (Å²) in [5.41, 5.74) is 8.00. The molecule has 2 rings (SSSR count). The van der Waals surface area contributed by atoms with Gasteiger partial charge < -0.3 is 10.2 Å². The summed E-state index contributed by atoms with van der Waals surface area (Å²) in [7, 11) is 2.15. The molecule has 0 bridgehead atoms. The first-order valence-corrected chi connectivity index (χ1v) is 7.42. The van der Waals surface area contributed by atoms with Gasteiger partial charge in [-0.05, 0) is 32.4 Å². The molecule has 110 valence electrons. The molecule has 2 aromatic rings. The van der Waals surface area contributed by atoms with E-state index < -0.39 is 0 Å². The number of para-hydroxylation sites is 1. The van der Waals surface area contributed by atoms with Gasteiger partial charge in [0.25, 0.3) is 0 Å². The second-order valence-corrected chi connectivity index (χ2v) is 6.10. The Kier molecular flexibility index (Phi) is 4.84. The first-order valence-electron chi connectivity index (χ1n) is 7.42. The van der Waals surface area contributed by atoms with Gasteiger partial charge in [0.2, 0.25) is 0 Å². The third-order valence-corrected chi connectivity index (χ3v) is 3.94. The lowest BCUT2D eigenvalue weighted by molar-refractivity contribution is 0.206. The summed E-state index contributed by atoms with van der Waals surface area (Å²) in [5, 5.41) is 1.15. The van der Waals surface area contributed by atoms with Crippen molar-refractivity contribution in [3.63, 3.8) is 0 Å². The number of benzene rings is 1. The molecule has 0 aliphatic rings. The molecule has 2 N–H and O–H groups in total. The summed E-state index contributed by atoms with van der Waals surface area (Å²) in [4.78, 5) is 2.34. The van der Waals surface area contributed by atoms with Crippen molar-refractivity contribution >= 4 is 11.0 Å². The third kappa shape index (κ3) is 3.22. The third-order valence-electron chi connectivity index (χ3n) is 3.94. The van der Waals surface area contributed by atoms with E-state index in [0.717, 1.165) is 28.8 Å². The molecule has 0 radical (unpaired) electrons. The normalized spacial score (nSPS) is 13.6. The molecular weight excluding hydrogens is 248 g/mol. The Bertz CT molecular complexity index is 559. The highest BCUT2D eigenvalue weighted by molar-refractivity contribution is 5.82. The fourth-order valence-corrected chi connectivity index (χ4v) is 2.75. The summed E-state index contributed by atoms with van der Waals surface area (Å²) in [6, 6.07) is 8.67. The van der Waals surface area contributed by atoms with Gasteiger partial charge in [-0.15, -0.1) is 0 Å². The van der Waals surface area contributed by atoms with Crippen LogP contribution in [0.3, 0.4) is 0 Å². The maximum absolute atomic E-state index is 5.99. The van der Waals surface area contributed by atoms with Crippen LogP contribution in [0.2, 0.25) is 0 Å². The van der Waals surface area contributed by atoms with Crippen molar-refractivity contribution in [1.29, 1.82) is 0 Å². The highest BCUT2D eigenvalue weighted by Gasteiger charge is 2.17. The van der Waals surface area contributed by atoms with E-state index in [9.17, 15) is 0 Å². The quantitative estimate of drug-likeness (QED) is 0.872. The van der Waals surface area contributed by atoms with Gasteiger partial charge in [0.1, 0.15) is 11.3 Å². The SMILES string of the molecule is CC(C)CC(C)N(C)Cc1oc2ccccc2c1CN. The fraction of sp³-hybridized carbons (Fsp3) is 0.529. The molecule has 0 fully saturated rings. The minimum atomic E-state index is 0.527. The molecule has 1 heterocycles. The molecule has 20 heavy (non-hydrogen) atoms. The molecule has 3 nitrogen and oxygen atoms in total. The number of nitrogens with two attached hydrogens (primary N) is 1. The van der Waals surface area contributed by atoms with E-state index >= 15 is 0 Å². The molecule has 3 heteroatoms. The molecule has 0 aliphatic carbocycles. The fourth-order valence-electron chi connectivity index (χ4n) is 2.75. The maximum atomic E-state index is 5.99. The van der Waals surface area contributed by atoms with Crippen molar-refractivity contribution < 1.29 is 4.42 Å². The zero-order chi connectivity index (χ0) is 14.7. The Balaban J connectivity index is 2.20. The van der Waals surface area contributed by atoms with Crippen LogP contribution in [0.4, 0.5) is 0 Å². The van der Waals surface area contributed by atoms with Crippen LogP contribution in [0, 0.1) is 5.92 Å². The van der Waals surface area contributed by atoms with E-state index in [1.807, 2.05) is 18.2 Å². The molecule has 0 aliphatic heterocycles. The molecular formula is C17H26N2O. The Morgan fingerprint density at radius 1 is 1.20 bits per heavy atom. The minimum Gasteiger partial charge on any atom is -0.459 e. The number of hydrogen-bond donors (Lipinski definition) is 1. The van der Waals surface area contributed by atoms with E-state index in [0.29, 0.717) is 18.5 Å².